The maximum Gasteiger partial charge on any atom is 0.283 e. The van der Waals surface area contributed by atoms with Crippen molar-refractivity contribution in [3.05, 3.63) is 21.0 Å². The van der Waals surface area contributed by atoms with Crippen molar-refractivity contribution < 1.29 is 14.9 Å². The Labute approximate surface area is 125 Å². The van der Waals surface area contributed by atoms with Crippen molar-refractivity contribution in [2.24, 2.45) is 0 Å². The third-order valence-corrected chi connectivity index (χ3v) is 3.57. The standard InChI is InChI=1S/C12H20BrN3O4/c1-12(19,3-6-20-2)8-14-9-7-15-16(4-5-17)11(18)10(9)13/h7,14,17,19H,3-6,8H2,1-2H3. The molecule has 1 aromatic rings. The van der Waals surface area contributed by atoms with Crippen LogP contribution in [-0.2, 0) is 11.3 Å². The molecule has 0 saturated carbocycles. The Kier molecular flexibility index (Phi) is 6.60. The zero-order valence-corrected chi connectivity index (χ0v) is 13.2. The second kappa shape index (κ2) is 7.72. The minimum absolute atomic E-state index is 0.142. The maximum atomic E-state index is 11.9. The van der Waals surface area contributed by atoms with Crippen LogP contribution in [0.15, 0.2) is 15.5 Å². The second-order valence-corrected chi connectivity index (χ2v) is 5.51. The highest BCUT2D eigenvalue weighted by molar-refractivity contribution is 9.10. The minimum Gasteiger partial charge on any atom is -0.394 e. The van der Waals surface area contributed by atoms with Gasteiger partial charge in [0.2, 0.25) is 0 Å². The first kappa shape index (κ1) is 17.1. The van der Waals surface area contributed by atoms with Crippen molar-refractivity contribution in [2.45, 2.75) is 25.5 Å². The van der Waals surface area contributed by atoms with E-state index in [1.165, 1.54) is 10.9 Å². The van der Waals surface area contributed by atoms with Crippen LogP contribution in [0.25, 0.3) is 0 Å². The number of aliphatic hydroxyl groups is 2. The van der Waals surface area contributed by atoms with Crippen LogP contribution in [-0.4, -0.2) is 52.5 Å². The molecule has 0 aliphatic heterocycles. The van der Waals surface area contributed by atoms with Gasteiger partial charge in [0.05, 0.1) is 30.6 Å². The molecule has 0 saturated heterocycles. The summed E-state index contributed by atoms with van der Waals surface area (Å²) in [6.07, 6.45) is 1.96. The summed E-state index contributed by atoms with van der Waals surface area (Å²) in [6.45, 7) is 2.39. The van der Waals surface area contributed by atoms with E-state index in [2.05, 4.69) is 26.3 Å². The Hall–Kier alpha value is -0.960. The molecular weight excluding hydrogens is 330 g/mol. The number of halogens is 1. The van der Waals surface area contributed by atoms with Crippen molar-refractivity contribution in [1.29, 1.82) is 0 Å². The summed E-state index contributed by atoms with van der Waals surface area (Å²) in [7, 11) is 1.57. The van der Waals surface area contributed by atoms with Crippen molar-refractivity contribution in [3.8, 4) is 0 Å². The molecule has 0 radical (unpaired) electrons. The number of aromatic nitrogens is 2. The summed E-state index contributed by atoms with van der Waals surface area (Å²) >= 11 is 3.20. The van der Waals surface area contributed by atoms with Gasteiger partial charge < -0.3 is 20.3 Å². The van der Waals surface area contributed by atoms with Gasteiger partial charge in [0.1, 0.15) is 4.47 Å². The van der Waals surface area contributed by atoms with Gasteiger partial charge in [-0.2, -0.15) is 5.10 Å². The van der Waals surface area contributed by atoms with Crippen LogP contribution in [0.5, 0.6) is 0 Å². The van der Waals surface area contributed by atoms with Crippen LogP contribution in [0, 0.1) is 0 Å². The van der Waals surface area contributed by atoms with Crippen molar-refractivity contribution >= 4 is 21.6 Å². The first-order chi connectivity index (χ1) is 9.41. The third-order valence-electron chi connectivity index (χ3n) is 2.80. The van der Waals surface area contributed by atoms with E-state index in [0.717, 1.165) is 0 Å². The summed E-state index contributed by atoms with van der Waals surface area (Å²) in [6, 6.07) is 0. The fourth-order valence-corrected chi connectivity index (χ4v) is 1.99. The molecule has 1 heterocycles. The number of nitrogens with one attached hydrogen (secondary N) is 1. The molecule has 114 valence electrons. The molecule has 0 bridgehead atoms. The van der Waals surface area contributed by atoms with Gasteiger partial charge in [-0.25, -0.2) is 4.68 Å². The summed E-state index contributed by atoms with van der Waals surface area (Å²) in [4.78, 5) is 11.9. The van der Waals surface area contributed by atoms with Gasteiger partial charge in [0.15, 0.2) is 0 Å². The largest absolute Gasteiger partial charge is 0.394 e. The Morgan fingerprint density at radius 2 is 2.30 bits per heavy atom. The smallest absolute Gasteiger partial charge is 0.283 e. The van der Waals surface area contributed by atoms with Crippen LogP contribution in [0.1, 0.15) is 13.3 Å². The highest BCUT2D eigenvalue weighted by Gasteiger charge is 2.20. The lowest BCUT2D eigenvalue weighted by molar-refractivity contribution is 0.0357. The molecule has 0 spiro atoms. The van der Waals surface area contributed by atoms with Gasteiger partial charge in [0, 0.05) is 26.7 Å². The Morgan fingerprint density at radius 1 is 1.60 bits per heavy atom. The summed E-state index contributed by atoms with van der Waals surface area (Å²) in [5, 5.41) is 25.9. The van der Waals surface area contributed by atoms with Gasteiger partial charge in [0.25, 0.3) is 5.56 Å². The topological polar surface area (TPSA) is 96.6 Å². The maximum absolute atomic E-state index is 11.9. The highest BCUT2D eigenvalue weighted by Crippen LogP contribution is 2.18. The lowest BCUT2D eigenvalue weighted by Gasteiger charge is -2.24. The monoisotopic (exact) mass is 349 g/mol. The lowest BCUT2D eigenvalue weighted by atomic mass is 10.0. The molecule has 1 atom stereocenters. The molecule has 1 unspecified atom stereocenters. The summed E-state index contributed by atoms with van der Waals surface area (Å²) in [5.74, 6) is 0. The average Bonchev–Trinajstić information content (AvgIpc) is 2.41. The van der Waals surface area contributed by atoms with E-state index < -0.39 is 5.60 Å². The first-order valence-corrected chi connectivity index (χ1v) is 7.02. The zero-order chi connectivity index (χ0) is 15.2. The van der Waals surface area contributed by atoms with Crippen LogP contribution in [0.3, 0.4) is 0 Å². The Bertz CT molecular complexity index is 490. The normalized spacial score (nSPS) is 14.1. The molecule has 1 aromatic heterocycles. The van der Waals surface area contributed by atoms with Gasteiger partial charge in [-0.1, -0.05) is 0 Å². The van der Waals surface area contributed by atoms with E-state index >= 15 is 0 Å². The Morgan fingerprint density at radius 3 is 2.90 bits per heavy atom. The van der Waals surface area contributed by atoms with Crippen LogP contribution >= 0.6 is 15.9 Å². The zero-order valence-electron chi connectivity index (χ0n) is 11.6. The van der Waals surface area contributed by atoms with E-state index in [1.54, 1.807) is 14.0 Å². The molecule has 3 N–H and O–H groups in total. The second-order valence-electron chi connectivity index (χ2n) is 4.72. The van der Waals surface area contributed by atoms with Crippen molar-refractivity contribution in [3.63, 3.8) is 0 Å². The summed E-state index contributed by atoms with van der Waals surface area (Å²) in [5.41, 5.74) is -0.780. The van der Waals surface area contributed by atoms with Crippen LogP contribution < -0.4 is 10.9 Å². The van der Waals surface area contributed by atoms with E-state index in [0.29, 0.717) is 23.2 Å². The predicted molar refractivity (Wildman–Crippen MR) is 78.9 cm³/mol. The van der Waals surface area contributed by atoms with Gasteiger partial charge >= 0.3 is 0 Å². The van der Waals surface area contributed by atoms with Gasteiger partial charge in [-0.05, 0) is 22.9 Å². The highest BCUT2D eigenvalue weighted by atomic mass is 79.9. The van der Waals surface area contributed by atoms with E-state index in [-0.39, 0.29) is 25.3 Å². The SMILES string of the molecule is COCCC(C)(O)CNc1cnn(CCO)c(=O)c1Br. The molecule has 0 aromatic carbocycles. The number of hydrogen-bond donors (Lipinski definition) is 3. The van der Waals surface area contributed by atoms with Gasteiger partial charge in [-0.15, -0.1) is 0 Å². The molecular formula is C12H20BrN3O4. The molecule has 0 amide bonds. The van der Waals surface area contributed by atoms with E-state index in [1.807, 2.05) is 0 Å². The number of ether oxygens (including phenoxy) is 1. The first-order valence-electron chi connectivity index (χ1n) is 6.23. The molecule has 0 aliphatic rings. The molecule has 20 heavy (non-hydrogen) atoms. The molecule has 7 nitrogen and oxygen atoms in total. The van der Waals surface area contributed by atoms with Crippen LogP contribution in [0.4, 0.5) is 5.69 Å². The number of rotatable bonds is 8. The predicted octanol–water partition coefficient (Wildman–Crippen LogP) is 0.197. The van der Waals surface area contributed by atoms with Crippen LogP contribution in [0.2, 0.25) is 0 Å². The summed E-state index contributed by atoms with van der Waals surface area (Å²) < 4.78 is 6.42. The molecule has 8 heteroatoms. The van der Waals surface area contributed by atoms with E-state index in [9.17, 15) is 9.90 Å². The fraction of sp³-hybridized carbons (Fsp3) is 0.667. The molecule has 1 rings (SSSR count). The molecule has 0 aliphatic carbocycles. The molecule has 0 fully saturated rings. The number of hydrogen-bond acceptors (Lipinski definition) is 6. The fourth-order valence-electron chi connectivity index (χ4n) is 1.54. The number of methoxy groups -OCH3 is 1. The lowest BCUT2D eigenvalue weighted by Crippen LogP contribution is -2.35. The van der Waals surface area contributed by atoms with Gasteiger partial charge in [-0.3, -0.25) is 4.79 Å². The Balaban J connectivity index is 2.74. The van der Waals surface area contributed by atoms with Crippen molar-refractivity contribution in [1.82, 2.24) is 9.78 Å². The quantitative estimate of drug-likeness (QED) is 0.620. The average molecular weight is 350 g/mol. The third kappa shape index (κ3) is 4.86. The number of nitrogens with zero attached hydrogens (tertiary/aromatic N) is 2. The minimum atomic E-state index is -0.949. The number of anilines is 1. The van der Waals surface area contributed by atoms with E-state index in [4.69, 9.17) is 9.84 Å². The van der Waals surface area contributed by atoms with Crippen molar-refractivity contribution in [2.75, 3.05) is 32.2 Å². The number of aliphatic hydroxyl groups excluding tert-OH is 1.